The second-order valence-corrected chi connectivity index (χ2v) is 8.56. The molecule has 1 aromatic heterocycles. The summed E-state index contributed by atoms with van der Waals surface area (Å²) >= 11 is 0. The molecule has 0 saturated heterocycles. The molecule has 0 aliphatic carbocycles. The van der Waals surface area contributed by atoms with Crippen LogP contribution in [0.2, 0.25) is 0 Å². The van der Waals surface area contributed by atoms with Gasteiger partial charge in [0.05, 0.1) is 10.6 Å². The zero-order valence-electron chi connectivity index (χ0n) is 15.1. The van der Waals surface area contributed by atoms with E-state index in [4.69, 9.17) is 5.73 Å². The molecule has 6 heteroatoms. The third-order valence-corrected chi connectivity index (χ3v) is 5.46. The predicted octanol–water partition coefficient (Wildman–Crippen LogP) is 3.15. The predicted molar refractivity (Wildman–Crippen MR) is 105 cm³/mol. The first-order chi connectivity index (χ1) is 12.7. The minimum atomic E-state index is -3.23. The summed E-state index contributed by atoms with van der Waals surface area (Å²) < 4.78 is 23.5. The number of nitrogens with zero attached hydrogens (tertiary/aromatic N) is 1. The van der Waals surface area contributed by atoms with E-state index < -0.39 is 15.7 Å². The molecule has 1 heterocycles. The highest BCUT2D eigenvalue weighted by molar-refractivity contribution is 7.90. The average molecular weight is 380 g/mol. The van der Waals surface area contributed by atoms with Crippen molar-refractivity contribution in [2.24, 2.45) is 5.73 Å². The summed E-state index contributed by atoms with van der Waals surface area (Å²) in [6.07, 6.45) is 3.52. The highest BCUT2D eigenvalue weighted by atomic mass is 32.2. The molecule has 138 valence electrons. The lowest BCUT2D eigenvalue weighted by molar-refractivity contribution is 0.0999. The molecule has 0 atom stereocenters. The number of nitrogens with two attached hydrogens (primary N) is 1. The summed E-state index contributed by atoms with van der Waals surface area (Å²) in [5, 5.41) is 0. The van der Waals surface area contributed by atoms with E-state index in [1.807, 2.05) is 37.3 Å². The molecular formula is C21H20N2O3S. The van der Waals surface area contributed by atoms with Gasteiger partial charge in [-0.1, -0.05) is 18.2 Å². The molecule has 0 radical (unpaired) electrons. The zero-order valence-corrected chi connectivity index (χ0v) is 16.0. The standard InChI is InChI=1S/C21H20N2O3S/c1-14-10-17(6-7-19(14)21(22)24)20-13-16(8-9-23-20)11-15-4-3-5-18(12-15)27(2,25)26/h3-10,12-13H,11H2,1-2H3,(H2,22,24). The van der Waals surface area contributed by atoms with Crippen molar-refractivity contribution in [3.05, 3.63) is 83.0 Å². The van der Waals surface area contributed by atoms with Crippen molar-refractivity contribution < 1.29 is 13.2 Å². The van der Waals surface area contributed by atoms with Crippen LogP contribution in [0, 0.1) is 6.92 Å². The van der Waals surface area contributed by atoms with E-state index in [2.05, 4.69) is 4.98 Å². The van der Waals surface area contributed by atoms with Crippen LogP contribution < -0.4 is 5.73 Å². The van der Waals surface area contributed by atoms with Crippen LogP contribution in [0.25, 0.3) is 11.3 Å². The van der Waals surface area contributed by atoms with Crippen LogP contribution >= 0.6 is 0 Å². The van der Waals surface area contributed by atoms with Gasteiger partial charge in [0.15, 0.2) is 9.84 Å². The molecule has 0 saturated carbocycles. The maximum atomic E-state index is 11.7. The van der Waals surface area contributed by atoms with Gasteiger partial charge in [-0.25, -0.2) is 8.42 Å². The summed E-state index contributed by atoms with van der Waals surface area (Å²) in [6, 6.07) is 16.2. The van der Waals surface area contributed by atoms with Crippen molar-refractivity contribution in [1.29, 1.82) is 0 Å². The number of amides is 1. The Hall–Kier alpha value is -2.99. The molecule has 3 rings (SSSR count). The van der Waals surface area contributed by atoms with E-state index in [9.17, 15) is 13.2 Å². The number of sulfone groups is 1. The second-order valence-electron chi connectivity index (χ2n) is 6.54. The highest BCUT2D eigenvalue weighted by Crippen LogP contribution is 2.23. The van der Waals surface area contributed by atoms with E-state index in [0.29, 0.717) is 16.9 Å². The fourth-order valence-electron chi connectivity index (χ4n) is 2.96. The Morgan fingerprint density at radius 2 is 1.78 bits per heavy atom. The van der Waals surface area contributed by atoms with Crippen molar-refractivity contribution in [3.8, 4) is 11.3 Å². The molecule has 0 aliphatic heterocycles. The lowest BCUT2D eigenvalue weighted by atomic mass is 10.00. The fourth-order valence-corrected chi connectivity index (χ4v) is 3.65. The Labute approximate surface area is 158 Å². The molecule has 0 unspecified atom stereocenters. The number of pyridine rings is 1. The van der Waals surface area contributed by atoms with Crippen molar-refractivity contribution >= 4 is 15.7 Å². The van der Waals surface area contributed by atoms with Crippen molar-refractivity contribution in [1.82, 2.24) is 4.98 Å². The number of aromatic nitrogens is 1. The third-order valence-electron chi connectivity index (χ3n) is 4.35. The van der Waals surface area contributed by atoms with Crippen molar-refractivity contribution in [2.45, 2.75) is 18.2 Å². The van der Waals surface area contributed by atoms with Gasteiger partial charge in [0.25, 0.3) is 0 Å². The number of aryl methyl sites for hydroxylation is 1. The van der Waals surface area contributed by atoms with Gasteiger partial charge in [0.2, 0.25) is 5.91 Å². The maximum Gasteiger partial charge on any atom is 0.248 e. The number of hydrogen-bond acceptors (Lipinski definition) is 4. The molecular weight excluding hydrogens is 360 g/mol. The van der Waals surface area contributed by atoms with Gasteiger partial charge >= 0.3 is 0 Å². The molecule has 3 aromatic rings. The number of carbonyl (C=O) groups is 1. The monoisotopic (exact) mass is 380 g/mol. The smallest absolute Gasteiger partial charge is 0.248 e. The number of benzene rings is 2. The van der Waals surface area contributed by atoms with E-state index >= 15 is 0 Å². The zero-order chi connectivity index (χ0) is 19.6. The molecule has 0 aliphatic rings. The van der Waals surface area contributed by atoms with Gasteiger partial charge in [0, 0.05) is 23.6 Å². The van der Waals surface area contributed by atoms with Crippen LogP contribution in [-0.2, 0) is 16.3 Å². The van der Waals surface area contributed by atoms with Gasteiger partial charge in [-0.15, -0.1) is 0 Å². The molecule has 0 fully saturated rings. The van der Waals surface area contributed by atoms with Gasteiger partial charge in [-0.05, 0) is 66.4 Å². The molecule has 1 amide bonds. The summed E-state index contributed by atoms with van der Waals surface area (Å²) in [5.41, 5.74) is 10.3. The van der Waals surface area contributed by atoms with Crippen LogP contribution in [0.1, 0.15) is 27.0 Å². The minimum absolute atomic E-state index is 0.312. The first kappa shape index (κ1) is 18.8. The van der Waals surface area contributed by atoms with Gasteiger partial charge in [-0.2, -0.15) is 0 Å². The molecule has 27 heavy (non-hydrogen) atoms. The Kier molecular flexibility index (Phi) is 5.10. The van der Waals surface area contributed by atoms with Gasteiger partial charge in [-0.3, -0.25) is 9.78 Å². The summed E-state index contributed by atoms with van der Waals surface area (Å²) in [5.74, 6) is -0.452. The Bertz CT molecular complexity index is 1120. The lowest BCUT2D eigenvalue weighted by Crippen LogP contribution is -2.12. The van der Waals surface area contributed by atoms with Gasteiger partial charge in [0.1, 0.15) is 0 Å². The fraction of sp³-hybridized carbons (Fsp3) is 0.143. The molecule has 2 N–H and O–H groups in total. The Morgan fingerprint density at radius 1 is 1.04 bits per heavy atom. The lowest BCUT2D eigenvalue weighted by Gasteiger charge is -2.08. The van der Waals surface area contributed by atoms with Crippen LogP contribution in [0.5, 0.6) is 0 Å². The van der Waals surface area contributed by atoms with E-state index in [1.165, 1.54) is 6.26 Å². The Morgan fingerprint density at radius 3 is 2.44 bits per heavy atom. The summed E-state index contributed by atoms with van der Waals surface area (Å²) in [4.78, 5) is 16.1. The van der Waals surface area contributed by atoms with Gasteiger partial charge < -0.3 is 5.73 Å². The normalized spacial score (nSPS) is 11.3. The molecule has 0 spiro atoms. The number of hydrogen-bond donors (Lipinski definition) is 1. The quantitative estimate of drug-likeness (QED) is 0.736. The van der Waals surface area contributed by atoms with Crippen LogP contribution in [0.15, 0.2) is 65.7 Å². The van der Waals surface area contributed by atoms with Crippen LogP contribution in [0.4, 0.5) is 0 Å². The molecule has 5 nitrogen and oxygen atoms in total. The molecule has 2 aromatic carbocycles. The van der Waals surface area contributed by atoms with E-state index in [1.54, 1.807) is 30.5 Å². The van der Waals surface area contributed by atoms with E-state index in [0.717, 1.165) is 27.9 Å². The Balaban J connectivity index is 1.91. The SMILES string of the molecule is Cc1cc(-c2cc(Cc3cccc(S(C)(=O)=O)c3)ccn2)ccc1C(N)=O. The highest BCUT2D eigenvalue weighted by Gasteiger charge is 2.10. The van der Waals surface area contributed by atoms with Crippen LogP contribution in [-0.4, -0.2) is 25.6 Å². The summed E-state index contributed by atoms with van der Waals surface area (Å²) in [6.45, 7) is 1.84. The largest absolute Gasteiger partial charge is 0.366 e. The third kappa shape index (κ3) is 4.41. The maximum absolute atomic E-state index is 11.7. The minimum Gasteiger partial charge on any atom is -0.366 e. The summed E-state index contributed by atoms with van der Waals surface area (Å²) in [7, 11) is -3.23. The topological polar surface area (TPSA) is 90.1 Å². The second kappa shape index (κ2) is 7.32. The van der Waals surface area contributed by atoms with Crippen molar-refractivity contribution in [3.63, 3.8) is 0 Å². The number of primary amides is 1. The van der Waals surface area contributed by atoms with Crippen LogP contribution in [0.3, 0.4) is 0 Å². The van der Waals surface area contributed by atoms with E-state index in [-0.39, 0.29) is 0 Å². The average Bonchev–Trinajstić information content (AvgIpc) is 2.61. The molecule has 0 bridgehead atoms. The first-order valence-corrected chi connectivity index (χ1v) is 10.3. The number of carbonyl (C=O) groups excluding carboxylic acids is 1. The van der Waals surface area contributed by atoms with Crippen molar-refractivity contribution in [2.75, 3.05) is 6.26 Å². The number of rotatable bonds is 5. The first-order valence-electron chi connectivity index (χ1n) is 8.39.